The summed E-state index contributed by atoms with van der Waals surface area (Å²) in [6.07, 6.45) is 0.613. The second kappa shape index (κ2) is 7.23. The Morgan fingerprint density at radius 2 is 1.96 bits per heavy atom. The Morgan fingerprint density at radius 1 is 1.22 bits per heavy atom. The third-order valence-corrected chi connectivity index (χ3v) is 4.67. The summed E-state index contributed by atoms with van der Waals surface area (Å²) in [5.74, 6) is 1.41. The van der Waals surface area contributed by atoms with Gasteiger partial charge in [-0.25, -0.2) is 9.37 Å². The van der Waals surface area contributed by atoms with Gasteiger partial charge < -0.3 is 14.1 Å². The van der Waals surface area contributed by atoms with Crippen molar-refractivity contribution in [1.29, 1.82) is 0 Å². The summed E-state index contributed by atoms with van der Waals surface area (Å²) in [4.78, 5) is 19.0. The van der Waals surface area contributed by atoms with Crippen LogP contribution in [0.4, 0.5) is 4.39 Å². The quantitative estimate of drug-likeness (QED) is 0.696. The first kappa shape index (κ1) is 17.3. The van der Waals surface area contributed by atoms with Crippen LogP contribution in [-0.2, 0) is 13.0 Å². The molecular formula is C21H19FN2O3. The molecule has 3 aromatic rings. The molecule has 1 aliphatic rings. The Hall–Kier alpha value is -3.15. The lowest BCUT2D eigenvalue weighted by atomic mass is 10.0. The molecule has 2 aromatic carbocycles. The molecule has 0 N–H and O–H groups in total. The van der Waals surface area contributed by atoms with E-state index in [1.54, 1.807) is 4.90 Å². The fraction of sp³-hybridized carbons (Fsp3) is 0.238. The van der Waals surface area contributed by atoms with Gasteiger partial charge in [0.05, 0.1) is 11.7 Å². The molecule has 4 rings (SSSR count). The van der Waals surface area contributed by atoms with E-state index in [0.717, 1.165) is 11.4 Å². The number of fused-ring (bicyclic) bond motifs is 1. The zero-order valence-corrected chi connectivity index (χ0v) is 14.9. The summed E-state index contributed by atoms with van der Waals surface area (Å²) in [5, 5.41) is 0. The third kappa shape index (κ3) is 3.56. The average Bonchev–Trinajstić information content (AvgIpc) is 3.12. The molecule has 0 fully saturated rings. The largest absolute Gasteiger partial charge is 0.484 e. The van der Waals surface area contributed by atoms with E-state index >= 15 is 0 Å². The van der Waals surface area contributed by atoms with Gasteiger partial charge in [0.2, 0.25) is 5.89 Å². The van der Waals surface area contributed by atoms with Crippen LogP contribution in [0.5, 0.6) is 5.75 Å². The minimum Gasteiger partial charge on any atom is -0.484 e. The maximum atomic E-state index is 13.1. The van der Waals surface area contributed by atoms with Crippen LogP contribution in [0, 0.1) is 5.82 Å². The van der Waals surface area contributed by atoms with E-state index in [2.05, 4.69) is 4.98 Å². The molecule has 1 amide bonds. The van der Waals surface area contributed by atoms with Crippen molar-refractivity contribution < 1.29 is 18.3 Å². The van der Waals surface area contributed by atoms with Crippen LogP contribution in [0.3, 0.4) is 0 Å². The summed E-state index contributed by atoms with van der Waals surface area (Å²) in [7, 11) is 0. The Morgan fingerprint density at radius 3 is 2.70 bits per heavy atom. The predicted molar refractivity (Wildman–Crippen MR) is 96.8 cm³/mol. The number of hydrogen-bond acceptors (Lipinski definition) is 4. The first-order chi connectivity index (χ1) is 13.1. The van der Waals surface area contributed by atoms with E-state index in [1.807, 2.05) is 37.3 Å². The van der Waals surface area contributed by atoms with Crippen molar-refractivity contribution in [3.63, 3.8) is 0 Å². The lowest BCUT2D eigenvalue weighted by Gasteiger charge is -2.31. The van der Waals surface area contributed by atoms with Crippen LogP contribution in [0.15, 0.2) is 59.0 Å². The highest BCUT2D eigenvalue weighted by molar-refractivity contribution is 5.94. The number of para-hydroxylation sites is 1. The van der Waals surface area contributed by atoms with Crippen LogP contribution in [-0.4, -0.2) is 22.3 Å². The van der Waals surface area contributed by atoms with Crippen molar-refractivity contribution in [2.45, 2.75) is 26.0 Å². The van der Waals surface area contributed by atoms with Crippen LogP contribution in [0.1, 0.15) is 40.7 Å². The van der Waals surface area contributed by atoms with Gasteiger partial charge >= 0.3 is 0 Å². The average molecular weight is 366 g/mol. The summed E-state index contributed by atoms with van der Waals surface area (Å²) in [5.41, 5.74) is 1.32. The second-order valence-corrected chi connectivity index (χ2v) is 6.45. The first-order valence-electron chi connectivity index (χ1n) is 8.84. The SMILES string of the molecule is CC1c2oc(COc3ccccc3)nc2CCN1C(=O)c1ccc(F)cc1. The van der Waals surface area contributed by atoms with Gasteiger partial charge in [-0.15, -0.1) is 0 Å². The Balaban J connectivity index is 1.48. The monoisotopic (exact) mass is 366 g/mol. The van der Waals surface area contributed by atoms with Gasteiger partial charge in [0, 0.05) is 18.5 Å². The number of oxazole rings is 1. The molecule has 1 aliphatic heterocycles. The van der Waals surface area contributed by atoms with E-state index in [1.165, 1.54) is 24.3 Å². The molecule has 6 heteroatoms. The summed E-state index contributed by atoms with van der Waals surface area (Å²) in [6, 6.07) is 14.8. The number of rotatable bonds is 4. The first-order valence-corrected chi connectivity index (χ1v) is 8.84. The minimum atomic E-state index is -0.362. The molecular weight excluding hydrogens is 347 g/mol. The maximum absolute atomic E-state index is 13.1. The summed E-state index contributed by atoms with van der Waals surface area (Å²) in [6.45, 7) is 2.68. The van der Waals surface area contributed by atoms with Gasteiger partial charge in [-0.05, 0) is 43.3 Å². The van der Waals surface area contributed by atoms with Crippen molar-refractivity contribution in [2.24, 2.45) is 0 Å². The minimum absolute atomic E-state index is 0.147. The van der Waals surface area contributed by atoms with E-state index in [-0.39, 0.29) is 24.4 Å². The maximum Gasteiger partial charge on any atom is 0.254 e. The summed E-state index contributed by atoms with van der Waals surface area (Å²) < 4.78 is 24.7. The van der Waals surface area contributed by atoms with Gasteiger partial charge in [-0.1, -0.05) is 18.2 Å². The second-order valence-electron chi connectivity index (χ2n) is 6.45. The summed E-state index contributed by atoms with van der Waals surface area (Å²) >= 11 is 0. The number of aromatic nitrogens is 1. The number of nitrogens with zero attached hydrogens (tertiary/aromatic N) is 2. The van der Waals surface area contributed by atoms with Crippen LogP contribution >= 0.6 is 0 Å². The molecule has 0 saturated carbocycles. The number of ether oxygens (including phenoxy) is 1. The molecule has 5 nitrogen and oxygen atoms in total. The molecule has 1 unspecified atom stereocenters. The number of benzene rings is 2. The third-order valence-electron chi connectivity index (χ3n) is 4.67. The van der Waals surface area contributed by atoms with Gasteiger partial charge in [-0.3, -0.25) is 4.79 Å². The topological polar surface area (TPSA) is 55.6 Å². The van der Waals surface area contributed by atoms with Crippen molar-refractivity contribution in [2.75, 3.05) is 6.54 Å². The highest BCUT2D eigenvalue weighted by Gasteiger charge is 2.32. The van der Waals surface area contributed by atoms with Crippen molar-refractivity contribution in [1.82, 2.24) is 9.88 Å². The molecule has 1 atom stereocenters. The van der Waals surface area contributed by atoms with Crippen LogP contribution in [0.25, 0.3) is 0 Å². The molecule has 138 valence electrons. The zero-order valence-electron chi connectivity index (χ0n) is 14.9. The number of hydrogen-bond donors (Lipinski definition) is 0. The Kier molecular flexibility index (Phi) is 4.62. The molecule has 0 aliphatic carbocycles. The molecule has 2 heterocycles. The Bertz CT molecular complexity index is 938. The predicted octanol–water partition coefficient (Wildman–Crippen LogP) is 4.15. The van der Waals surface area contributed by atoms with E-state index in [0.29, 0.717) is 30.2 Å². The van der Waals surface area contributed by atoms with Gasteiger partial charge in [0.25, 0.3) is 5.91 Å². The smallest absolute Gasteiger partial charge is 0.254 e. The standard InChI is InChI=1S/C21H19FN2O3/c1-14-20-18(23-19(27-20)13-26-17-5-3-2-4-6-17)11-12-24(14)21(25)15-7-9-16(22)10-8-15/h2-10,14H,11-13H2,1H3. The van der Waals surface area contributed by atoms with Crippen molar-refractivity contribution in [3.8, 4) is 5.75 Å². The molecule has 1 aromatic heterocycles. The van der Waals surface area contributed by atoms with Crippen LogP contribution in [0.2, 0.25) is 0 Å². The van der Waals surface area contributed by atoms with Crippen molar-refractivity contribution >= 4 is 5.91 Å². The van der Waals surface area contributed by atoms with E-state index in [4.69, 9.17) is 9.15 Å². The number of amides is 1. The van der Waals surface area contributed by atoms with Gasteiger partial charge in [0.1, 0.15) is 17.3 Å². The Labute approximate surface area is 156 Å². The van der Waals surface area contributed by atoms with E-state index in [9.17, 15) is 9.18 Å². The zero-order chi connectivity index (χ0) is 18.8. The highest BCUT2D eigenvalue weighted by atomic mass is 19.1. The highest BCUT2D eigenvalue weighted by Crippen LogP contribution is 2.31. The lowest BCUT2D eigenvalue weighted by Crippen LogP contribution is -2.38. The molecule has 27 heavy (non-hydrogen) atoms. The van der Waals surface area contributed by atoms with Gasteiger partial charge in [-0.2, -0.15) is 0 Å². The molecule has 0 saturated heterocycles. The molecule has 0 bridgehead atoms. The number of carbonyl (C=O) groups excluding carboxylic acids is 1. The van der Waals surface area contributed by atoms with Crippen molar-refractivity contribution in [3.05, 3.63) is 83.3 Å². The lowest BCUT2D eigenvalue weighted by molar-refractivity contribution is 0.0649. The normalized spacial score (nSPS) is 16.1. The number of halogens is 1. The fourth-order valence-electron chi connectivity index (χ4n) is 3.24. The fourth-order valence-corrected chi connectivity index (χ4v) is 3.24. The van der Waals surface area contributed by atoms with Gasteiger partial charge in [0.15, 0.2) is 6.61 Å². The molecule has 0 spiro atoms. The number of carbonyl (C=O) groups is 1. The van der Waals surface area contributed by atoms with E-state index < -0.39 is 0 Å². The van der Waals surface area contributed by atoms with Crippen LogP contribution < -0.4 is 4.74 Å². The molecule has 0 radical (unpaired) electrons.